The van der Waals surface area contributed by atoms with Crippen LogP contribution in [0.1, 0.15) is 5.56 Å². The van der Waals surface area contributed by atoms with Gasteiger partial charge in [-0.05, 0) is 12.1 Å². The second-order valence-electron chi connectivity index (χ2n) is 2.47. The predicted octanol–water partition coefficient (Wildman–Crippen LogP) is 3.92. The summed E-state index contributed by atoms with van der Waals surface area (Å²) in [5.74, 6) is 0. The molecule has 1 aromatic carbocycles. The molecule has 0 heterocycles. The molecule has 0 saturated heterocycles. The van der Waals surface area contributed by atoms with Crippen molar-refractivity contribution >= 4 is 53.5 Å². The summed E-state index contributed by atoms with van der Waals surface area (Å²) < 4.78 is 1.02. The zero-order valence-electron chi connectivity index (χ0n) is 7.38. The van der Waals surface area contributed by atoms with E-state index in [2.05, 4.69) is 52.9 Å². The van der Waals surface area contributed by atoms with Crippen molar-refractivity contribution in [1.29, 1.82) is 0 Å². The zero-order chi connectivity index (χ0) is 10.6. The van der Waals surface area contributed by atoms with E-state index in [0.717, 1.165) is 15.7 Å². The number of hydrogen-bond donors (Lipinski definition) is 0. The Bertz CT molecular complexity index is 321. The lowest BCUT2D eigenvalue weighted by atomic mass is 10.1. The number of alkyl halides is 2. The van der Waals surface area contributed by atoms with Gasteiger partial charge in [0, 0.05) is 10.0 Å². The molecule has 0 aliphatic rings. The number of rotatable bonds is 3. The SMILES string of the molecule is CO/N=C(\c1ccc(Br)cc1)C(Br)Br. The van der Waals surface area contributed by atoms with Crippen LogP contribution in [-0.4, -0.2) is 16.6 Å². The van der Waals surface area contributed by atoms with E-state index < -0.39 is 0 Å². The maximum absolute atomic E-state index is 4.77. The number of halogens is 3. The van der Waals surface area contributed by atoms with Gasteiger partial charge >= 0.3 is 0 Å². The van der Waals surface area contributed by atoms with Gasteiger partial charge in [0.2, 0.25) is 0 Å². The molecular formula is C9H8Br3NO. The highest BCUT2D eigenvalue weighted by molar-refractivity contribution is 9.25. The molecule has 14 heavy (non-hydrogen) atoms. The fourth-order valence-electron chi connectivity index (χ4n) is 0.938. The highest BCUT2D eigenvalue weighted by Crippen LogP contribution is 2.19. The standard InChI is InChI=1S/C9H8Br3NO/c1-14-13-8(9(11)12)6-2-4-7(10)5-3-6/h2-5,9H,1H3/b13-8+. The average Bonchev–Trinajstić information content (AvgIpc) is 2.15. The van der Waals surface area contributed by atoms with Crippen LogP contribution in [0.4, 0.5) is 0 Å². The summed E-state index contributed by atoms with van der Waals surface area (Å²) in [5, 5.41) is 3.93. The van der Waals surface area contributed by atoms with Crippen molar-refractivity contribution in [3.8, 4) is 0 Å². The second-order valence-corrected chi connectivity index (χ2v) is 6.44. The van der Waals surface area contributed by atoms with Crippen LogP contribution < -0.4 is 0 Å². The third-order valence-corrected chi connectivity index (χ3v) is 2.93. The minimum atomic E-state index is -0.0175. The molecule has 0 bridgehead atoms. The van der Waals surface area contributed by atoms with Gasteiger partial charge in [0.25, 0.3) is 0 Å². The molecule has 0 radical (unpaired) electrons. The summed E-state index contributed by atoms with van der Waals surface area (Å²) in [7, 11) is 1.53. The summed E-state index contributed by atoms with van der Waals surface area (Å²) in [6, 6.07) is 7.86. The first-order valence-corrected chi connectivity index (χ1v) is 6.42. The van der Waals surface area contributed by atoms with Crippen LogP contribution in [0.2, 0.25) is 0 Å². The predicted molar refractivity (Wildman–Crippen MR) is 69.3 cm³/mol. The second kappa shape index (κ2) is 5.88. The highest BCUT2D eigenvalue weighted by Gasteiger charge is 2.11. The van der Waals surface area contributed by atoms with Crippen LogP contribution >= 0.6 is 47.8 Å². The van der Waals surface area contributed by atoms with Crippen molar-refractivity contribution in [3.63, 3.8) is 0 Å². The summed E-state index contributed by atoms with van der Waals surface area (Å²) in [6.07, 6.45) is 0. The van der Waals surface area contributed by atoms with Gasteiger partial charge in [-0.25, -0.2) is 0 Å². The largest absolute Gasteiger partial charge is 0.399 e. The average molecular weight is 386 g/mol. The highest BCUT2D eigenvalue weighted by atomic mass is 79.9. The molecule has 2 nitrogen and oxygen atoms in total. The Morgan fingerprint density at radius 2 is 1.86 bits per heavy atom. The molecule has 0 aromatic heterocycles. The van der Waals surface area contributed by atoms with Crippen molar-refractivity contribution in [3.05, 3.63) is 34.3 Å². The van der Waals surface area contributed by atoms with Crippen molar-refractivity contribution in [2.24, 2.45) is 5.16 Å². The summed E-state index contributed by atoms with van der Waals surface area (Å²) in [4.78, 5) is 4.77. The van der Waals surface area contributed by atoms with Crippen LogP contribution in [0.5, 0.6) is 0 Å². The lowest BCUT2D eigenvalue weighted by Crippen LogP contribution is -2.09. The number of hydrogen-bond acceptors (Lipinski definition) is 2. The molecule has 0 aliphatic heterocycles. The minimum absolute atomic E-state index is 0.0175. The third-order valence-electron chi connectivity index (χ3n) is 1.54. The van der Waals surface area contributed by atoms with E-state index in [1.165, 1.54) is 7.11 Å². The molecule has 1 rings (SSSR count). The molecule has 0 atom stereocenters. The number of oxime groups is 1. The number of nitrogens with zero attached hydrogens (tertiary/aromatic N) is 1. The Hall–Kier alpha value is 0.130. The smallest absolute Gasteiger partial charge is 0.116 e. The van der Waals surface area contributed by atoms with Gasteiger partial charge in [0.1, 0.15) is 16.6 Å². The normalized spacial score (nSPS) is 11.9. The first-order chi connectivity index (χ1) is 6.65. The van der Waals surface area contributed by atoms with Crippen molar-refractivity contribution in [1.82, 2.24) is 0 Å². The van der Waals surface area contributed by atoms with E-state index in [0.29, 0.717) is 0 Å². The van der Waals surface area contributed by atoms with Crippen LogP contribution in [0, 0.1) is 0 Å². The Morgan fingerprint density at radius 3 is 2.29 bits per heavy atom. The number of benzene rings is 1. The van der Waals surface area contributed by atoms with E-state index in [9.17, 15) is 0 Å². The summed E-state index contributed by atoms with van der Waals surface area (Å²) in [5.41, 5.74) is 1.81. The zero-order valence-corrected chi connectivity index (χ0v) is 12.1. The van der Waals surface area contributed by atoms with Gasteiger partial charge in [-0.15, -0.1) is 0 Å². The fourth-order valence-corrected chi connectivity index (χ4v) is 1.90. The van der Waals surface area contributed by atoms with Crippen molar-refractivity contribution < 1.29 is 4.84 Å². The van der Waals surface area contributed by atoms with Gasteiger partial charge in [0.15, 0.2) is 0 Å². The van der Waals surface area contributed by atoms with Gasteiger partial charge in [0.05, 0.1) is 0 Å². The van der Waals surface area contributed by atoms with E-state index in [1.807, 2.05) is 24.3 Å². The molecule has 0 unspecified atom stereocenters. The maximum atomic E-state index is 4.77. The third kappa shape index (κ3) is 3.37. The lowest BCUT2D eigenvalue weighted by Gasteiger charge is -2.06. The molecule has 76 valence electrons. The Balaban J connectivity index is 3.00. The Kier molecular flexibility index (Phi) is 5.12. The topological polar surface area (TPSA) is 21.6 Å². The molecule has 0 spiro atoms. The molecule has 5 heteroatoms. The molecule has 0 N–H and O–H groups in total. The van der Waals surface area contributed by atoms with Crippen LogP contribution in [-0.2, 0) is 4.84 Å². The van der Waals surface area contributed by atoms with Crippen LogP contribution in [0.25, 0.3) is 0 Å². The van der Waals surface area contributed by atoms with Crippen LogP contribution in [0.15, 0.2) is 33.9 Å². The van der Waals surface area contributed by atoms with E-state index in [-0.39, 0.29) is 3.74 Å². The van der Waals surface area contributed by atoms with Gasteiger partial charge in [-0.2, -0.15) is 0 Å². The molecule has 0 saturated carbocycles. The Labute approximate surface area is 108 Å². The van der Waals surface area contributed by atoms with Crippen molar-refractivity contribution in [2.45, 2.75) is 3.74 Å². The molecule has 0 aliphatic carbocycles. The summed E-state index contributed by atoms with van der Waals surface area (Å²) >= 11 is 10.2. The minimum Gasteiger partial charge on any atom is -0.399 e. The Morgan fingerprint density at radius 1 is 1.29 bits per heavy atom. The van der Waals surface area contributed by atoms with Crippen LogP contribution in [0.3, 0.4) is 0 Å². The lowest BCUT2D eigenvalue weighted by molar-refractivity contribution is 0.213. The molecule has 0 amide bonds. The first kappa shape index (κ1) is 12.2. The van der Waals surface area contributed by atoms with E-state index in [4.69, 9.17) is 4.84 Å². The summed E-state index contributed by atoms with van der Waals surface area (Å²) in [6.45, 7) is 0. The monoisotopic (exact) mass is 383 g/mol. The van der Waals surface area contributed by atoms with Gasteiger partial charge < -0.3 is 4.84 Å². The van der Waals surface area contributed by atoms with E-state index >= 15 is 0 Å². The molecule has 0 fully saturated rings. The quantitative estimate of drug-likeness (QED) is 0.439. The maximum Gasteiger partial charge on any atom is 0.116 e. The molecular weight excluding hydrogens is 378 g/mol. The molecule has 1 aromatic rings. The van der Waals surface area contributed by atoms with Crippen molar-refractivity contribution in [2.75, 3.05) is 7.11 Å². The van der Waals surface area contributed by atoms with Gasteiger partial charge in [-0.3, -0.25) is 0 Å². The van der Waals surface area contributed by atoms with E-state index in [1.54, 1.807) is 0 Å². The first-order valence-electron chi connectivity index (χ1n) is 3.80. The fraction of sp³-hybridized carbons (Fsp3) is 0.222. The van der Waals surface area contributed by atoms with Gasteiger partial charge in [-0.1, -0.05) is 65.1 Å².